The molecule has 98 valence electrons. The molecule has 0 unspecified atom stereocenters. The quantitative estimate of drug-likeness (QED) is 0.826. The van der Waals surface area contributed by atoms with E-state index >= 15 is 0 Å². The molecular weight excluding hydrogens is 297 g/mol. The maximum atomic E-state index is 13.2. The minimum Gasteiger partial charge on any atom is -0.339 e. The van der Waals surface area contributed by atoms with E-state index in [9.17, 15) is 9.18 Å². The van der Waals surface area contributed by atoms with Crippen molar-refractivity contribution in [3.05, 3.63) is 34.1 Å². The van der Waals surface area contributed by atoms with Crippen LogP contribution in [-0.2, 0) is 0 Å². The van der Waals surface area contributed by atoms with Gasteiger partial charge in [0.1, 0.15) is 5.82 Å². The number of halogens is 2. The molecule has 1 fully saturated rings. The van der Waals surface area contributed by atoms with Gasteiger partial charge in [-0.25, -0.2) is 4.39 Å². The number of nitrogens with zero attached hydrogens (tertiary/aromatic N) is 1. The van der Waals surface area contributed by atoms with Crippen LogP contribution in [0.1, 0.15) is 36.5 Å². The van der Waals surface area contributed by atoms with Crippen molar-refractivity contribution in [2.24, 2.45) is 5.92 Å². The number of carbonyl (C=O) groups excluding carboxylic acids is 1. The fraction of sp³-hybridized carbons (Fsp3) is 0.500. The zero-order valence-corrected chi connectivity index (χ0v) is 12.0. The lowest BCUT2D eigenvalue weighted by Gasteiger charge is -2.32. The second-order valence-electron chi connectivity index (χ2n) is 4.76. The molecule has 2 nitrogen and oxygen atoms in total. The Labute approximate surface area is 115 Å². The molecule has 1 saturated carbocycles. The van der Waals surface area contributed by atoms with Crippen LogP contribution in [0.3, 0.4) is 0 Å². The molecule has 0 bridgehead atoms. The first-order valence-corrected chi connectivity index (χ1v) is 7.15. The Hall–Kier alpha value is -0.900. The maximum absolute atomic E-state index is 13.2. The van der Waals surface area contributed by atoms with Crippen LogP contribution in [-0.4, -0.2) is 23.9 Å². The number of benzene rings is 1. The Kier molecular flexibility index (Phi) is 4.38. The van der Waals surface area contributed by atoms with Crippen molar-refractivity contribution < 1.29 is 9.18 Å². The maximum Gasteiger partial charge on any atom is 0.255 e. The topological polar surface area (TPSA) is 20.3 Å². The molecule has 0 atom stereocenters. The molecule has 1 aromatic rings. The van der Waals surface area contributed by atoms with Gasteiger partial charge in [-0.2, -0.15) is 0 Å². The third-order valence-corrected chi connectivity index (χ3v) is 4.22. The molecule has 2 rings (SSSR count). The van der Waals surface area contributed by atoms with Crippen LogP contribution in [0, 0.1) is 11.7 Å². The van der Waals surface area contributed by atoms with E-state index in [4.69, 9.17) is 0 Å². The minimum atomic E-state index is -0.374. The van der Waals surface area contributed by atoms with Crippen molar-refractivity contribution >= 4 is 21.8 Å². The fourth-order valence-electron chi connectivity index (χ4n) is 2.17. The number of carbonyl (C=O) groups is 1. The first-order valence-electron chi connectivity index (χ1n) is 6.36. The minimum absolute atomic E-state index is 0.0872. The van der Waals surface area contributed by atoms with Crippen molar-refractivity contribution in [3.63, 3.8) is 0 Å². The van der Waals surface area contributed by atoms with Crippen molar-refractivity contribution in [3.8, 4) is 0 Å². The summed E-state index contributed by atoms with van der Waals surface area (Å²) in [7, 11) is 0. The smallest absolute Gasteiger partial charge is 0.255 e. The van der Waals surface area contributed by atoms with Crippen LogP contribution in [0.5, 0.6) is 0 Å². The number of hydrogen-bond acceptors (Lipinski definition) is 1. The van der Waals surface area contributed by atoms with E-state index in [1.165, 1.54) is 31.4 Å². The molecule has 1 aromatic carbocycles. The first-order chi connectivity index (χ1) is 8.61. The summed E-state index contributed by atoms with van der Waals surface area (Å²) in [5.41, 5.74) is 0.413. The molecule has 18 heavy (non-hydrogen) atoms. The third kappa shape index (κ3) is 2.91. The van der Waals surface area contributed by atoms with Crippen LogP contribution >= 0.6 is 15.9 Å². The predicted molar refractivity (Wildman–Crippen MR) is 73.0 cm³/mol. The van der Waals surface area contributed by atoms with Crippen LogP contribution < -0.4 is 0 Å². The van der Waals surface area contributed by atoms with Gasteiger partial charge in [-0.1, -0.05) is 6.42 Å². The monoisotopic (exact) mass is 313 g/mol. The van der Waals surface area contributed by atoms with Gasteiger partial charge in [0.2, 0.25) is 0 Å². The second-order valence-corrected chi connectivity index (χ2v) is 5.62. The van der Waals surface area contributed by atoms with Gasteiger partial charge in [-0.3, -0.25) is 4.79 Å². The second kappa shape index (κ2) is 5.83. The van der Waals surface area contributed by atoms with Gasteiger partial charge in [0.25, 0.3) is 5.91 Å². The van der Waals surface area contributed by atoms with Gasteiger partial charge in [-0.05, 0) is 59.8 Å². The van der Waals surface area contributed by atoms with Gasteiger partial charge in [-0.15, -0.1) is 0 Å². The highest BCUT2D eigenvalue weighted by Crippen LogP contribution is 2.28. The Morgan fingerprint density at radius 1 is 1.50 bits per heavy atom. The van der Waals surface area contributed by atoms with E-state index in [0.717, 1.165) is 6.54 Å². The Morgan fingerprint density at radius 2 is 2.22 bits per heavy atom. The van der Waals surface area contributed by atoms with Crippen LogP contribution in [0.2, 0.25) is 0 Å². The van der Waals surface area contributed by atoms with Gasteiger partial charge in [0.05, 0.1) is 5.56 Å². The molecule has 1 aliphatic rings. The van der Waals surface area contributed by atoms with E-state index in [2.05, 4.69) is 15.9 Å². The van der Waals surface area contributed by atoms with Crippen molar-refractivity contribution in [2.45, 2.75) is 26.2 Å². The molecule has 0 saturated heterocycles. The van der Waals surface area contributed by atoms with Crippen LogP contribution in [0.4, 0.5) is 4.39 Å². The molecule has 0 aliphatic heterocycles. The summed E-state index contributed by atoms with van der Waals surface area (Å²) < 4.78 is 13.9. The van der Waals surface area contributed by atoms with Crippen LogP contribution in [0.15, 0.2) is 22.7 Å². The Bertz CT molecular complexity index is 445. The molecule has 0 aromatic heterocycles. The summed E-state index contributed by atoms with van der Waals surface area (Å²) in [6.45, 7) is 3.42. The number of amides is 1. The zero-order valence-electron chi connectivity index (χ0n) is 10.5. The zero-order chi connectivity index (χ0) is 13.1. The Morgan fingerprint density at radius 3 is 2.78 bits per heavy atom. The summed E-state index contributed by atoms with van der Waals surface area (Å²) >= 11 is 3.31. The highest BCUT2D eigenvalue weighted by Gasteiger charge is 2.24. The fourth-order valence-corrected chi connectivity index (χ4v) is 2.59. The lowest BCUT2D eigenvalue weighted by Crippen LogP contribution is -2.37. The van der Waals surface area contributed by atoms with Crippen molar-refractivity contribution in [1.29, 1.82) is 0 Å². The SMILES string of the molecule is CCN(CC1CCC1)C(=O)c1cc(F)ccc1Br. The van der Waals surface area contributed by atoms with Crippen LogP contribution in [0.25, 0.3) is 0 Å². The lowest BCUT2D eigenvalue weighted by atomic mass is 9.85. The predicted octanol–water partition coefficient (Wildman–Crippen LogP) is 3.85. The normalized spacial score (nSPS) is 15.3. The highest BCUT2D eigenvalue weighted by molar-refractivity contribution is 9.10. The van der Waals surface area contributed by atoms with Gasteiger partial charge >= 0.3 is 0 Å². The summed E-state index contributed by atoms with van der Waals surface area (Å²) in [6, 6.07) is 4.23. The standard InChI is InChI=1S/C14H17BrFNO/c1-2-17(9-10-4-3-5-10)14(18)12-8-11(16)6-7-13(12)15/h6-8,10H,2-5,9H2,1H3. The average molecular weight is 314 g/mol. The largest absolute Gasteiger partial charge is 0.339 e. The van der Waals surface area contributed by atoms with E-state index in [1.54, 1.807) is 6.07 Å². The number of rotatable bonds is 4. The lowest BCUT2D eigenvalue weighted by molar-refractivity contribution is 0.0705. The highest BCUT2D eigenvalue weighted by atomic mass is 79.9. The molecular formula is C14H17BrFNO. The Balaban J connectivity index is 2.14. The molecule has 0 heterocycles. The molecule has 4 heteroatoms. The van der Waals surface area contributed by atoms with Crippen molar-refractivity contribution in [1.82, 2.24) is 4.90 Å². The van der Waals surface area contributed by atoms with E-state index in [0.29, 0.717) is 22.5 Å². The van der Waals surface area contributed by atoms with Crippen molar-refractivity contribution in [2.75, 3.05) is 13.1 Å². The first kappa shape index (κ1) is 13.5. The summed E-state index contributed by atoms with van der Waals surface area (Å²) in [6.07, 6.45) is 3.67. The third-order valence-electron chi connectivity index (χ3n) is 3.53. The average Bonchev–Trinajstić information content (AvgIpc) is 2.30. The summed E-state index contributed by atoms with van der Waals surface area (Å²) in [5.74, 6) is 0.165. The van der Waals surface area contributed by atoms with Gasteiger partial charge in [0.15, 0.2) is 0 Å². The van der Waals surface area contributed by atoms with Gasteiger partial charge in [0, 0.05) is 17.6 Å². The summed E-state index contributed by atoms with van der Waals surface area (Å²) in [4.78, 5) is 14.2. The number of hydrogen-bond donors (Lipinski definition) is 0. The molecule has 1 amide bonds. The molecule has 0 N–H and O–H groups in total. The van der Waals surface area contributed by atoms with E-state index in [1.807, 2.05) is 11.8 Å². The van der Waals surface area contributed by atoms with E-state index in [-0.39, 0.29) is 11.7 Å². The van der Waals surface area contributed by atoms with E-state index < -0.39 is 0 Å². The summed E-state index contributed by atoms with van der Waals surface area (Å²) in [5, 5.41) is 0. The van der Waals surface area contributed by atoms with Gasteiger partial charge < -0.3 is 4.90 Å². The molecule has 0 spiro atoms. The molecule has 1 aliphatic carbocycles. The molecule has 0 radical (unpaired) electrons.